The van der Waals surface area contributed by atoms with E-state index in [4.69, 9.17) is 10.8 Å². The molecule has 0 saturated carbocycles. The topological polar surface area (TPSA) is 76.2 Å². The van der Waals surface area contributed by atoms with Crippen LogP contribution in [-0.2, 0) is 6.42 Å². The summed E-state index contributed by atoms with van der Waals surface area (Å²) < 4.78 is 0. The minimum absolute atomic E-state index is 0.118. The molecule has 3 N–H and O–H groups in total. The van der Waals surface area contributed by atoms with E-state index >= 15 is 0 Å². The average molecular weight is 194 g/mol. The minimum atomic E-state index is -0.990. The number of nitrogen functional groups attached to an aromatic ring is 1. The van der Waals surface area contributed by atoms with Crippen LogP contribution in [0.1, 0.15) is 35.8 Å². The third-order valence-corrected chi connectivity index (χ3v) is 1.99. The number of carbonyl (C=O) groups is 1. The standard InChI is InChI=1S/C10H14N2O2/c1-2-3-4-7-5-8(11)6-12-9(7)10(13)14/h5-6H,2-4,11H2,1H3,(H,13,14). The summed E-state index contributed by atoms with van der Waals surface area (Å²) in [6, 6.07) is 1.69. The second-order valence-corrected chi connectivity index (χ2v) is 3.19. The molecule has 1 rings (SSSR count). The number of rotatable bonds is 4. The molecule has 0 fully saturated rings. The van der Waals surface area contributed by atoms with Gasteiger partial charge < -0.3 is 10.8 Å². The van der Waals surface area contributed by atoms with Crippen molar-refractivity contribution in [2.24, 2.45) is 0 Å². The lowest BCUT2D eigenvalue weighted by Gasteiger charge is -2.04. The van der Waals surface area contributed by atoms with Crippen LogP contribution >= 0.6 is 0 Å². The Labute approximate surface area is 82.8 Å². The Bertz CT molecular complexity index is 337. The van der Waals surface area contributed by atoms with Gasteiger partial charge in [0, 0.05) is 0 Å². The molecule has 0 saturated heterocycles. The van der Waals surface area contributed by atoms with Gasteiger partial charge in [0.15, 0.2) is 5.69 Å². The minimum Gasteiger partial charge on any atom is -0.477 e. The molecule has 0 spiro atoms. The molecule has 1 aromatic rings. The number of aromatic carboxylic acids is 1. The first-order valence-corrected chi connectivity index (χ1v) is 4.62. The van der Waals surface area contributed by atoms with Crippen LogP contribution in [0.2, 0.25) is 0 Å². The fourth-order valence-corrected chi connectivity index (χ4v) is 1.28. The molecule has 0 aliphatic carbocycles. The lowest BCUT2D eigenvalue weighted by molar-refractivity contribution is 0.0689. The quantitative estimate of drug-likeness (QED) is 0.764. The lowest BCUT2D eigenvalue weighted by atomic mass is 10.1. The molecule has 0 aliphatic heterocycles. The summed E-state index contributed by atoms with van der Waals surface area (Å²) in [5.74, 6) is -0.990. The largest absolute Gasteiger partial charge is 0.477 e. The molecule has 4 heteroatoms. The van der Waals surface area contributed by atoms with Crippen LogP contribution in [0, 0.1) is 0 Å². The smallest absolute Gasteiger partial charge is 0.354 e. The van der Waals surface area contributed by atoms with Gasteiger partial charge in [-0.3, -0.25) is 0 Å². The van der Waals surface area contributed by atoms with E-state index in [1.807, 2.05) is 0 Å². The number of carboxylic acid groups (broad SMARTS) is 1. The maximum Gasteiger partial charge on any atom is 0.354 e. The first kappa shape index (κ1) is 10.5. The molecule has 0 aliphatic rings. The number of unbranched alkanes of at least 4 members (excludes halogenated alkanes) is 1. The Morgan fingerprint density at radius 2 is 2.36 bits per heavy atom. The molecule has 0 unspecified atom stereocenters. The fraction of sp³-hybridized carbons (Fsp3) is 0.400. The lowest BCUT2D eigenvalue weighted by Crippen LogP contribution is -2.06. The molecule has 0 amide bonds. The van der Waals surface area contributed by atoms with Crippen molar-refractivity contribution < 1.29 is 9.90 Å². The molecular formula is C10H14N2O2. The highest BCUT2D eigenvalue weighted by Crippen LogP contribution is 2.13. The summed E-state index contributed by atoms with van der Waals surface area (Å²) >= 11 is 0. The van der Waals surface area contributed by atoms with Gasteiger partial charge in [-0.25, -0.2) is 9.78 Å². The van der Waals surface area contributed by atoms with Gasteiger partial charge in [0.25, 0.3) is 0 Å². The Morgan fingerprint density at radius 3 is 2.93 bits per heavy atom. The van der Waals surface area contributed by atoms with Crippen LogP contribution in [0.15, 0.2) is 12.3 Å². The van der Waals surface area contributed by atoms with Gasteiger partial charge in [-0.2, -0.15) is 0 Å². The van der Waals surface area contributed by atoms with Crippen molar-refractivity contribution in [3.8, 4) is 0 Å². The SMILES string of the molecule is CCCCc1cc(N)cnc1C(=O)O. The Morgan fingerprint density at radius 1 is 1.64 bits per heavy atom. The Hall–Kier alpha value is -1.58. The van der Waals surface area contributed by atoms with Crippen molar-refractivity contribution in [3.05, 3.63) is 23.5 Å². The fourth-order valence-electron chi connectivity index (χ4n) is 1.28. The van der Waals surface area contributed by atoms with Crippen molar-refractivity contribution in [2.45, 2.75) is 26.2 Å². The van der Waals surface area contributed by atoms with E-state index in [9.17, 15) is 4.79 Å². The van der Waals surface area contributed by atoms with Crippen molar-refractivity contribution in [2.75, 3.05) is 5.73 Å². The summed E-state index contributed by atoms with van der Waals surface area (Å²) in [5.41, 5.74) is 6.90. The monoisotopic (exact) mass is 194 g/mol. The summed E-state index contributed by atoms with van der Waals surface area (Å²) in [5, 5.41) is 8.85. The Balaban J connectivity index is 2.97. The normalized spacial score (nSPS) is 10.1. The highest BCUT2D eigenvalue weighted by atomic mass is 16.4. The van der Waals surface area contributed by atoms with E-state index in [0.29, 0.717) is 5.69 Å². The van der Waals surface area contributed by atoms with Crippen molar-refractivity contribution >= 4 is 11.7 Å². The zero-order valence-corrected chi connectivity index (χ0v) is 8.16. The predicted molar refractivity (Wildman–Crippen MR) is 54.2 cm³/mol. The predicted octanol–water partition coefficient (Wildman–Crippen LogP) is 1.70. The van der Waals surface area contributed by atoms with E-state index in [1.165, 1.54) is 6.20 Å². The van der Waals surface area contributed by atoms with Crippen LogP contribution in [0.5, 0.6) is 0 Å². The molecule has 0 aromatic carbocycles. The van der Waals surface area contributed by atoms with Gasteiger partial charge in [0.1, 0.15) is 0 Å². The number of nitrogens with two attached hydrogens (primary N) is 1. The van der Waals surface area contributed by atoms with Crippen LogP contribution in [0.4, 0.5) is 5.69 Å². The van der Waals surface area contributed by atoms with Crippen molar-refractivity contribution in [3.63, 3.8) is 0 Å². The molecule has 1 aromatic heterocycles. The van der Waals surface area contributed by atoms with E-state index < -0.39 is 5.97 Å². The molecule has 4 nitrogen and oxygen atoms in total. The number of hydrogen-bond donors (Lipinski definition) is 2. The second kappa shape index (κ2) is 4.60. The number of nitrogens with zero attached hydrogens (tertiary/aromatic N) is 1. The molecule has 0 atom stereocenters. The third-order valence-electron chi connectivity index (χ3n) is 1.99. The van der Waals surface area contributed by atoms with Gasteiger partial charge in [0.2, 0.25) is 0 Å². The zero-order valence-electron chi connectivity index (χ0n) is 8.16. The van der Waals surface area contributed by atoms with E-state index in [-0.39, 0.29) is 5.69 Å². The summed E-state index contributed by atoms with van der Waals surface area (Å²) in [6.07, 6.45) is 4.06. The van der Waals surface area contributed by atoms with E-state index in [1.54, 1.807) is 6.07 Å². The molecule has 1 heterocycles. The number of anilines is 1. The van der Waals surface area contributed by atoms with Crippen LogP contribution in [0.3, 0.4) is 0 Å². The molecule has 76 valence electrons. The number of carboxylic acids is 1. The Kier molecular flexibility index (Phi) is 3.45. The van der Waals surface area contributed by atoms with Crippen LogP contribution in [-0.4, -0.2) is 16.1 Å². The van der Waals surface area contributed by atoms with E-state index in [2.05, 4.69) is 11.9 Å². The maximum absolute atomic E-state index is 10.8. The highest BCUT2D eigenvalue weighted by molar-refractivity contribution is 5.87. The molecule has 0 radical (unpaired) electrons. The number of hydrogen-bond acceptors (Lipinski definition) is 3. The molecular weight excluding hydrogens is 180 g/mol. The van der Waals surface area contributed by atoms with Crippen LogP contribution in [0.25, 0.3) is 0 Å². The zero-order chi connectivity index (χ0) is 10.6. The molecule has 14 heavy (non-hydrogen) atoms. The summed E-state index contributed by atoms with van der Waals surface area (Å²) in [6.45, 7) is 2.06. The number of aryl methyl sites for hydroxylation is 1. The highest BCUT2D eigenvalue weighted by Gasteiger charge is 2.11. The molecule has 0 bridgehead atoms. The summed E-state index contributed by atoms with van der Waals surface area (Å²) in [7, 11) is 0. The van der Waals surface area contributed by atoms with Gasteiger partial charge >= 0.3 is 5.97 Å². The summed E-state index contributed by atoms with van der Waals surface area (Å²) in [4.78, 5) is 14.6. The van der Waals surface area contributed by atoms with Gasteiger partial charge in [-0.1, -0.05) is 13.3 Å². The number of pyridine rings is 1. The third kappa shape index (κ3) is 2.45. The van der Waals surface area contributed by atoms with Gasteiger partial charge in [-0.15, -0.1) is 0 Å². The second-order valence-electron chi connectivity index (χ2n) is 3.19. The van der Waals surface area contributed by atoms with Gasteiger partial charge in [-0.05, 0) is 24.5 Å². The van der Waals surface area contributed by atoms with Gasteiger partial charge in [0.05, 0.1) is 11.9 Å². The first-order chi connectivity index (χ1) is 6.65. The number of aromatic nitrogens is 1. The van der Waals surface area contributed by atoms with Crippen LogP contribution < -0.4 is 5.73 Å². The maximum atomic E-state index is 10.8. The van der Waals surface area contributed by atoms with E-state index in [0.717, 1.165) is 24.8 Å². The average Bonchev–Trinajstić information content (AvgIpc) is 2.14. The van der Waals surface area contributed by atoms with Crippen molar-refractivity contribution in [1.29, 1.82) is 0 Å². The first-order valence-electron chi connectivity index (χ1n) is 4.62. The van der Waals surface area contributed by atoms with Crippen molar-refractivity contribution in [1.82, 2.24) is 4.98 Å².